The van der Waals surface area contributed by atoms with Gasteiger partial charge in [0.2, 0.25) is 0 Å². The van der Waals surface area contributed by atoms with Gasteiger partial charge in [0.25, 0.3) is 0 Å². The van der Waals surface area contributed by atoms with Crippen LogP contribution in [0.5, 0.6) is 0 Å². The molecule has 0 aliphatic rings. The van der Waals surface area contributed by atoms with Gasteiger partial charge in [0, 0.05) is 12.2 Å². The summed E-state index contributed by atoms with van der Waals surface area (Å²) >= 11 is 12.2. The molecule has 2 rings (SSSR count). The van der Waals surface area contributed by atoms with E-state index in [1.807, 2.05) is 38.1 Å². The van der Waals surface area contributed by atoms with Gasteiger partial charge in [0.05, 0.1) is 10.0 Å². The monoisotopic (exact) mass is 295 g/mol. The zero-order valence-electron chi connectivity index (χ0n) is 10.8. The van der Waals surface area contributed by atoms with Crippen LogP contribution in [0.4, 0.5) is 17.3 Å². The number of nitrogens with one attached hydrogen (secondary N) is 2. The second-order valence-electron chi connectivity index (χ2n) is 4.12. The largest absolute Gasteiger partial charge is 0.369 e. The lowest BCUT2D eigenvalue weighted by atomic mass is 10.2. The minimum Gasteiger partial charge on any atom is -0.369 e. The van der Waals surface area contributed by atoms with Gasteiger partial charge in [-0.2, -0.15) is 0 Å². The van der Waals surface area contributed by atoms with E-state index in [2.05, 4.69) is 15.6 Å². The maximum atomic E-state index is 6.17. The van der Waals surface area contributed by atoms with Crippen LogP contribution in [-0.2, 0) is 0 Å². The Kier molecular flexibility index (Phi) is 4.51. The lowest BCUT2D eigenvalue weighted by Gasteiger charge is -2.13. The zero-order valence-corrected chi connectivity index (χ0v) is 12.3. The molecule has 2 aromatic rings. The number of nitrogens with zero attached hydrogens (tertiary/aromatic N) is 1. The van der Waals surface area contributed by atoms with E-state index in [4.69, 9.17) is 23.2 Å². The molecule has 1 aromatic carbocycles. The average Bonchev–Trinajstić information content (AvgIpc) is 2.38. The number of anilines is 3. The first kappa shape index (κ1) is 14.0. The van der Waals surface area contributed by atoms with Crippen LogP contribution in [0.25, 0.3) is 0 Å². The summed E-state index contributed by atoms with van der Waals surface area (Å²) in [7, 11) is 0. The Morgan fingerprint density at radius 2 is 1.79 bits per heavy atom. The lowest BCUT2D eigenvalue weighted by molar-refractivity contribution is 1.16. The molecule has 2 N–H and O–H groups in total. The van der Waals surface area contributed by atoms with Crippen molar-refractivity contribution in [2.24, 2.45) is 0 Å². The summed E-state index contributed by atoms with van der Waals surface area (Å²) in [6.45, 7) is 4.76. The summed E-state index contributed by atoms with van der Waals surface area (Å²) < 4.78 is 0. The number of para-hydroxylation sites is 1. The predicted octanol–water partition coefficient (Wildman–Crippen LogP) is 4.87. The lowest BCUT2D eigenvalue weighted by Crippen LogP contribution is -2.03. The van der Waals surface area contributed by atoms with Crippen LogP contribution in [0, 0.1) is 6.92 Å². The fourth-order valence-corrected chi connectivity index (χ4v) is 2.16. The number of rotatable bonds is 4. The second kappa shape index (κ2) is 6.13. The molecule has 100 valence electrons. The van der Waals surface area contributed by atoms with Gasteiger partial charge < -0.3 is 10.6 Å². The Hall–Kier alpha value is -1.45. The van der Waals surface area contributed by atoms with Gasteiger partial charge in [-0.05, 0) is 31.5 Å². The molecule has 19 heavy (non-hydrogen) atoms. The number of pyridine rings is 1. The van der Waals surface area contributed by atoms with Crippen molar-refractivity contribution in [2.45, 2.75) is 13.8 Å². The van der Waals surface area contributed by atoms with E-state index in [1.54, 1.807) is 6.07 Å². The summed E-state index contributed by atoms with van der Waals surface area (Å²) in [6, 6.07) is 9.65. The molecule has 1 heterocycles. The number of hydrogen-bond donors (Lipinski definition) is 2. The van der Waals surface area contributed by atoms with Crippen LogP contribution < -0.4 is 10.6 Å². The fraction of sp³-hybridized carbons (Fsp3) is 0.214. The van der Waals surface area contributed by atoms with E-state index in [1.165, 1.54) is 0 Å². The standard InChI is InChI=1S/C14H15Cl2N3/c1-3-17-13-10(15)8-11(16)14(19-13)18-12-7-5-4-6-9(12)2/h4-8H,3H2,1-2H3,(H2,17,18,19). The van der Waals surface area contributed by atoms with E-state index in [0.29, 0.717) is 21.7 Å². The molecule has 0 aliphatic heterocycles. The highest BCUT2D eigenvalue weighted by Gasteiger charge is 2.09. The summed E-state index contributed by atoms with van der Waals surface area (Å²) in [4.78, 5) is 4.41. The van der Waals surface area contributed by atoms with Crippen molar-refractivity contribution in [3.05, 3.63) is 45.9 Å². The molecule has 0 aliphatic carbocycles. The van der Waals surface area contributed by atoms with Gasteiger partial charge in [0.15, 0.2) is 5.82 Å². The molecule has 0 saturated heterocycles. The molecule has 0 spiro atoms. The third kappa shape index (κ3) is 3.31. The molecule has 0 fully saturated rings. The molecule has 0 saturated carbocycles. The highest BCUT2D eigenvalue weighted by atomic mass is 35.5. The zero-order chi connectivity index (χ0) is 13.8. The van der Waals surface area contributed by atoms with E-state index in [0.717, 1.165) is 17.8 Å². The van der Waals surface area contributed by atoms with Crippen molar-refractivity contribution >= 4 is 40.5 Å². The first-order chi connectivity index (χ1) is 9.11. The number of aromatic nitrogens is 1. The molecule has 0 radical (unpaired) electrons. The molecular formula is C14H15Cl2N3. The molecule has 0 bridgehead atoms. The molecule has 0 unspecified atom stereocenters. The van der Waals surface area contributed by atoms with Gasteiger partial charge in [0.1, 0.15) is 5.82 Å². The van der Waals surface area contributed by atoms with Gasteiger partial charge >= 0.3 is 0 Å². The number of benzene rings is 1. The Labute approximate surface area is 123 Å². The minimum atomic E-state index is 0.495. The third-order valence-electron chi connectivity index (χ3n) is 2.67. The highest BCUT2D eigenvalue weighted by Crippen LogP contribution is 2.31. The summed E-state index contributed by atoms with van der Waals surface area (Å²) in [5.41, 5.74) is 2.10. The van der Waals surface area contributed by atoms with Crippen LogP contribution in [0.2, 0.25) is 10.0 Å². The third-order valence-corrected chi connectivity index (χ3v) is 3.25. The van der Waals surface area contributed by atoms with E-state index >= 15 is 0 Å². The molecule has 3 nitrogen and oxygen atoms in total. The number of halogens is 2. The van der Waals surface area contributed by atoms with E-state index in [-0.39, 0.29) is 0 Å². The maximum absolute atomic E-state index is 6.17. The summed E-state index contributed by atoms with van der Waals surface area (Å²) in [6.07, 6.45) is 0. The van der Waals surface area contributed by atoms with Crippen LogP contribution in [0.3, 0.4) is 0 Å². The van der Waals surface area contributed by atoms with Crippen LogP contribution in [0.15, 0.2) is 30.3 Å². The maximum Gasteiger partial charge on any atom is 0.151 e. The van der Waals surface area contributed by atoms with Gasteiger partial charge in [-0.1, -0.05) is 41.4 Å². The topological polar surface area (TPSA) is 37.0 Å². The van der Waals surface area contributed by atoms with Gasteiger partial charge in [-0.3, -0.25) is 0 Å². The van der Waals surface area contributed by atoms with E-state index < -0.39 is 0 Å². The van der Waals surface area contributed by atoms with Crippen LogP contribution >= 0.6 is 23.2 Å². The molecule has 0 atom stereocenters. The Balaban J connectivity index is 2.34. The average molecular weight is 296 g/mol. The Morgan fingerprint density at radius 1 is 1.11 bits per heavy atom. The normalized spacial score (nSPS) is 10.3. The van der Waals surface area contributed by atoms with Crippen molar-refractivity contribution in [3.63, 3.8) is 0 Å². The summed E-state index contributed by atoms with van der Waals surface area (Å²) in [5.74, 6) is 1.22. The summed E-state index contributed by atoms with van der Waals surface area (Å²) in [5, 5.41) is 7.34. The van der Waals surface area contributed by atoms with Crippen molar-refractivity contribution in [3.8, 4) is 0 Å². The SMILES string of the molecule is CCNc1nc(Nc2ccccc2C)c(Cl)cc1Cl. The van der Waals surface area contributed by atoms with Crippen LogP contribution in [-0.4, -0.2) is 11.5 Å². The van der Waals surface area contributed by atoms with Crippen LogP contribution in [0.1, 0.15) is 12.5 Å². The van der Waals surface area contributed by atoms with Crippen molar-refractivity contribution in [2.75, 3.05) is 17.2 Å². The first-order valence-electron chi connectivity index (χ1n) is 6.04. The Morgan fingerprint density at radius 3 is 2.47 bits per heavy atom. The van der Waals surface area contributed by atoms with Gasteiger partial charge in [-0.25, -0.2) is 4.98 Å². The smallest absolute Gasteiger partial charge is 0.151 e. The quantitative estimate of drug-likeness (QED) is 0.845. The first-order valence-corrected chi connectivity index (χ1v) is 6.80. The number of hydrogen-bond acceptors (Lipinski definition) is 3. The fourth-order valence-electron chi connectivity index (χ4n) is 1.69. The number of aryl methyl sites for hydroxylation is 1. The molecular weight excluding hydrogens is 281 g/mol. The second-order valence-corrected chi connectivity index (χ2v) is 4.93. The van der Waals surface area contributed by atoms with E-state index in [9.17, 15) is 0 Å². The molecule has 5 heteroatoms. The van der Waals surface area contributed by atoms with Gasteiger partial charge in [-0.15, -0.1) is 0 Å². The van der Waals surface area contributed by atoms with Crippen molar-refractivity contribution in [1.82, 2.24) is 4.98 Å². The Bertz CT molecular complexity index is 585. The molecule has 1 aromatic heterocycles. The minimum absolute atomic E-state index is 0.495. The van der Waals surface area contributed by atoms with Crippen molar-refractivity contribution in [1.29, 1.82) is 0 Å². The predicted molar refractivity (Wildman–Crippen MR) is 82.9 cm³/mol. The molecule has 0 amide bonds. The highest BCUT2D eigenvalue weighted by molar-refractivity contribution is 6.37. The van der Waals surface area contributed by atoms with Crippen molar-refractivity contribution < 1.29 is 0 Å².